The molecule has 88 heavy (non-hydrogen) atoms. The first-order valence-corrected chi connectivity index (χ1v) is 29.4. The summed E-state index contributed by atoms with van der Waals surface area (Å²) in [4.78, 5) is 191. The molecule has 0 aromatic carbocycles. The predicted molar refractivity (Wildman–Crippen MR) is 321 cm³/mol. The third kappa shape index (κ3) is 29.1. The molecule has 19 N–H and O–H groups in total. The van der Waals surface area contributed by atoms with Crippen molar-refractivity contribution < 1.29 is 77.3 Å². The van der Waals surface area contributed by atoms with Gasteiger partial charge in [-0.2, -0.15) is 0 Å². The Hall–Kier alpha value is -7.97. The monoisotopic (exact) mass is 1250 g/mol. The van der Waals surface area contributed by atoms with Gasteiger partial charge in [-0.15, -0.1) is 0 Å². The molecule has 1 aliphatic heterocycles. The molecule has 1 aliphatic rings. The van der Waals surface area contributed by atoms with Crippen molar-refractivity contribution in [3.8, 4) is 0 Å². The summed E-state index contributed by atoms with van der Waals surface area (Å²) in [5.41, 5.74) is 7.55. The van der Waals surface area contributed by atoms with Gasteiger partial charge in [-0.3, -0.25) is 73.7 Å². The highest BCUT2D eigenvalue weighted by atomic mass is 16.4. The molecule has 0 aliphatic carbocycles. The lowest BCUT2D eigenvalue weighted by molar-refractivity contribution is -0.140. The van der Waals surface area contributed by atoms with Crippen LogP contribution in [0.1, 0.15) is 139 Å². The zero-order valence-corrected chi connectivity index (χ0v) is 52.1. The summed E-state index contributed by atoms with van der Waals surface area (Å²) in [6.45, 7) is 12.4. The zero-order valence-electron chi connectivity index (χ0n) is 52.1. The van der Waals surface area contributed by atoms with Gasteiger partial charge >= 0.3 is 11.9 Å². The SMILES string of the molecule is CNC(=O)C(CC(=O)O)NC(=O)CNC(=O)C(NC(=O)[C@H](CCC(=O)O)NC(=O)[C@@]1(C)CCCC=CCCC[C@@](C)(NC)C(=O)N[C@@H](N[C@H](C=O)CCCN=C(N)N)C(=O)N[C@@H](N[C@H](C=O)CC(C)C)C(=O)N[C@@H](N[C@H](C=O)CC(C)C)C(=O)N1)C(C)C. The highest BCUT2D eigenvalue weighted by molar-refractivity contribution is 5.99. The topological polar surface area (TPSA) is 500 Å². The zero-order chi connectivity index (χ0) is 66.9. The van der Waals surface area contributed by atoms with Gasteiger partial charge in [0.15, 0.2) is 24.5 Å². The number of amides is 9. The van der Waals surface area contributed by atoms with Crippen LogP contribution >= 0.6 is 0 Å². The van der Waals surface area contributed by atoms with Gasteiger partial charge in [-0.25, -0.2) is 0 Å². The van der Waals surface area contributed by atoms with E-state index in [1.807, 2.05) is 6.08 Å². The summed E-state index contributed by atoms with van der Waals surface area (Å²) in [5, 5.41) is 52.4. The van der Waals surface area contributed by atoms with Crippen LogP contribution in [0.4, 0.5) is 0 Å². The summed E-state index contributed by atoms with van der Waals surface area (Å²) >= 11 is 0. The van der Waals surface area contributed by atoms with E-state index in [4.69, 9.17) is 11.5 Å². The van der Waals surface area contributed by atoms with Gasteiger partial charge in [0.1, 0.15) is 42.5 Å². The first-order chi connectivity index (χ1) is 41.3. The molecular weight excluding hydrogens is 1150 g/mol. The summed E-state index contributed by atoms with van der Waals surface area (Å²) in [5.74, 6) is -13.0. The van der Waals surface area contributed by atoms with E-state index in [0.717, 1.165) is 0 Å². The second kappa shape index (κ2) is 39.7. The Morgan fingerprint density at radius 2 is 1.19 bits per heavy atom. The molecule has 11 atom stereocenters. The number of rotatable bonds is 33. The van der Waals surface area contributed by atoms with Crippen LogP contribution in [-0.4, -0.2) is 193 Å². The lowest BCUT2D eigenvalue weighted by Gasteiger charge is -2.35. The van der Waals surface area contributed by atoms with Crippen molar-refractivity contribution in [2.24, 2.45) is 34.2 Å². The number of carbonyl (C=O) groups is 14. The lowest BCUT2D eigenvalue weighted by Crippen LogP contribution is -2.69. The average molecular weight is 1250 g/mol. The number of aldehydes is 3. The Bertz CT molecular complexity index is 2460. The Kier molecular flexibility index (Phi) is 35.2. The number of guanidine groups is 1. The first-order valence-electron chi connectivity index (χ1n) is 29.4. The van der Waals surface area contributed by atoms with Gasteiger partial charge in [-0.05, 0) is 109 Å². The molecule has 0 radical (unpaired) electrons. The number of nitrogens with one attached hydrogen (secondary N) is 13. The van der Waals surface area contributed by atoms with Crippen LogP contribution in [0, 0.1) is 17.8 Å². The molecule has 0 saturated heterocycles. The maximum absolute atomic E-state index is 14.9. The summed E-state index contributed by atoms with van der Waals surface area (Å²) in [6.07, 6.45) is -0.750. The molecule has 496 valence electrons. The quantitative estimate of drug-likeness (QED) is 0.00979. The fourth-order valence-corrected chi connectivity index (χ4v) is 9.02. The number of carbonyl (C=O) groups excluding carboxylic acids is 12. The molecule has 0 bridgehead atoms. The van der Waals surface area contributed by atoms with E-state index in [1.54, 1.807) is 40.7 Å². The number of hydrogen-bond donors (Lipinski definition) is 17. The first kappa shape index (κ1) is 78.0. The Labute approximate surface area is 513 Å². The van der Waals surface area contributed by atoms with Crippen LogP contribution in [0.2, 0.25) is 0 Å². The van der Waals surface area contributed by atoms with E-state index in [1.165, 1.54) is 34.9 Å². The molecule has 0 aromatic rings. The molecule has 1 heterocycles. The standard InChI is InChI=1S/C56H96N16O16/c1-31(2)24-35(29-74)64-43-49(84)70-45(65-36(30-75)25-32(3)4)51(86)72-56(8,22-16-14-12-11-13-15-21-55(7,60-10)52(87)71-44(50(85)69-43)63-34(28-73)18-17-23-61-54(57)58)53(88)67-37(19-20-40(77)78)47(82)68-42(33(5)6)48(83)62-27-39(76)66-38(26-41(79)80)46(81)59-9/h11-12,28-38,42-45,60,63-65H,13-27H2,1-10H3,(H,59,81)(H,62,83)(H,66,76)(H,67,88)(H,68,82)(H,69,85)(H,70,84)(H,71,87)(H,72,86)(H,77,78)(H,79,80)(H4,57,58,61)/t34-,35-,36-,37-,38?,42?,43+,44+,45+,55+,56+/m0/s1. The highest BCUT2D eigenvalue weighted by Crippen LogP contribution is 2.19. The Morgan fingerprint density at radius 1 is 0.670 bits per heavy atom. The third-order valence-electron chi connectivity index (χ3n) is 14.1. The van der Waals surface area contributed by atoms with E-state index < -0.39 is 163 Å². The summed E-state index contributed by atoms with van der Waals surface area (Å²) < 4.78 is 0. The van der Waals surface area contributed by atoms with Crippen LogP contribution in [0.15, 0.2) is 17.1 Å². The van der Waals surface area contributed by atoms with E-state index in [-0.39, 0.29) is 75.7 Å². The van der Waals surface area contributed by atoms with Gasteiger partial charge in [0.05, 0.1) is 36.6 Å². The van der Waals surface area contributed by atoms with Gasteiger partial charge in [-0.1, -0.05) is 53.7 Å². The fourth-order valence-electron chi connectivity index (χ4n) is 9.02. The van der Waals surface area contributed by atoms with Crippen molar-refractivity contribution in [2.45, 2.75) is 205 Å². The van der Waals surface area contributed by atoms with Gasteiger partial charge < -0.3 is 89.2 Å². The summed E-state index contributed by atoms with van der Waals surface area (Å²) in [6, 6.07) is -8.05. The van der Waals surface area contributed by atoms with Crippen LogP contribution in [0.3, 0.4) is 0 Å². The van der Waals surface area contributed by atoms with E-state index >= 15 is 0 Å². The molecule has 32 heteroatoms. The van der Waals surface area contributed by atoms with Gasteiger partial charge in [0, 0.05) is 20.0 Å². The number of aliphatic carboxylic acids is 2. The number of hydrogen-bond acceptors (Lipinski definition) is 19. The molecule has 9 amide bonds. The van der Waals surface area contributed by atoms with E-state index in [2.05, 4.69) is 74.1 Å². The number of carboxylic acids is 2. The van der Waals surface area contributed by atoms with Crippen LogP contribution in [-0.2, 0) is 67.1 Å². The summed E-state index contributed by atoms with van der Waals surface area (Å²) in [7, 11) is 2.76. The van der Waals surface area contributed by atoms with E-state index in [9.17, 15) is 77.3 Å². The van der Waals surface area contributed by atoms with Crippen LogP contribution in [0.5, 0.6) is 0 Å². The van der Waals surface area contributed by atoms with Crippen molar-refractivity contribution in [1.29, 1.82) is 0 Å². The van der Waals surface area contributed by atoms with Crippen LogP contribution < -0.4 is 80.6 Å². The largest absolute Gasteiger partial charge is 0.481 e. The molecule has 0 fully saturated rings. The predicted octanol–water partition coefficient (Wildman–Crippen LogP) is -3.99. The molecule has 0 spiro atoms. The maximum atomic E-state index is 14.9. The molecule has 2 unspecified atom stereocenters. The smallest absolute Gasteiger partial charge is 0.305 e. The number of likely N-dealkylation sites (N-methyl/N-ethyl adjacent to an activating group) is 2. The Balaban J connectivity index is 4.08. The molecule has 32 nitrogen and oxygen atoms in total. The van der Waals surface area contributed by atoms with Gasteiger partial charge in [0.2, 0.25) is 35.4 Å². The lowest BCUT2D eigenvalue weighted by atomic mass is 9.91. The number of nitrogens with two attached hydrogens (primary N) is 2. The van der Waals surface area contributed by atoms with Crippen molar-refractivity contribution in [3.63, 3.8) is 0 Å². The fraction of sp³-hybridized carbons (Fsp3) is 0.696. The highest BCUT2D eigenvalue weighted by Gasteiger charge is 2.42. The van der Waals surface area contributed by atoms with Crippen molar-refractivity contribution >= 4 is 89.9 Å². The number of carboxylic acid groups (broad SMARTS) is 2. The minimum atomic E-state index is -2.05. The van der Waals surface area contributed by atoms with E-state index in [0.29, 0.717) is 31.7 Å². The number of aliphatic imine (C=N–C) groups is 1. The second-order valence-corrected chi connectivity index (χ2v) is 23.1. The maximum Gasteiger partial charge on any atom is 0.305 e. The van der Waals surface area contributed by atoms with Crippen molar-refractivity contribution in [2.75, 3.05) is 27.2 Å². The van der Waals surface area contributed by atoms with Gasteiger partial charge in [0.25, 0.3) is 17.7 Å². The van der Waals surface area contributed by atoms with Crippen molar-refractivity contribution in [3.05, 3.63) is 12.2 Å². The number of nitrogens with zero attached hydrogens (tertiary/aromatic N) is 1. The molecule has 0 aromatic heterocycles. The third-order valence-corrected chi connectivity index (χ3v) is 14.1. The van der Waals surface area contributed by atoms with Crippen molar-refractivity contribution in [1.82, 2.24) is 69.1 Å². The normalized spacial score (nSPS) is 22.0. The molecular formula is C56H96N16O16. The minimum absolute atomic E-state index is 0.0636. The molecule has 1 rings (SSSR count). The Morgan fingerprint density at radius 3 is 1.67 bits per heavy atom. The number of allylic oxidation sites excluding steroid dienone is 2. The molecule has 0 saturated carbocycles. The average Bonchev–Trinajstić information content (AvgIpc) is 3.63. The second-order valence-electron chi connectivity index (χ2n) is 23.1. The minimum Gasteiger partial charge on any atom is -0.481 e. The van der Waals surface area contributed by atoms with Crippen LogP contribution in [0.25, 0.3) is 0 Å².